The number of nitrogens with zero attached hydrogens (tertiary/aromatic N) is 4. The lowest BCUT2D eigenvalue weighted by Crippen LogP contribution is -2.38. The second kappa shape index (κ2) is 8.35. The topological polar surface area (TPSA) is 114 Å². The summed E-state index contributed by atoms with van der Waals surface area (Å²) >= 11 is 0. The smallest absolute Gasteiger partial charge is 0.269 e. The average molecular weight is 444 g/mol. The summed E-state index contributed by atoms with van der Waals surface area (Å²) in [5, 5.41) is 6.72. The first-order valence-corrected chi connectivity index (χ1v) is 11.7. The van der Waals surface area contributed by atoms with Crippen molar-refractivity contribution in [1.82, 2.24) is 19.6 Å². The van der Waals surface area contributed by atoms with Crippen LogP contribution in [0, 0.1) is 6.92 Å². The monoisotopic (exact) mass is 443 g/mol. The Kier molecular flexibility index (Phi) is 5.76. The van der Waals surface area contributed by atoms with Crippen LogP contribution in [0.5, 0.6) is 0 Å². The predicted octanol–water partition coefficient (Wildman–Crippen LogP) is 1.57. The largest absolute Gasteiger partial charge is 0.387 e. The quantitative estimate of drug-likeness (QED) is 0.725. The molecule has 0 aliphatic carbocycles. The minimum Gasteiger partial charge on any atom is -0.387 e. The van der Waals surface area contributed by atoms with E-state index in [9.17, 15) is 13.2 Å². The third kappa shape index (κ3) is 4.45. The molecule has 0 unspecified atom stereocenters. The fraction of sp³-hybridized carbons (Fsp3) is 0.429. The van der Waals surface area contributed by atoms with Crippen molar-refractivity contribution in [3.8, 4) is 0 Å². The standard InChI is InChI=1S/C21H25N5O4S/c1-3-16-4-6-18(7-5-16)31(28,29)26-9-8-21(14-26)10-19(25-30-21)20(27)24-13-17-12-22-15(2)11-23-17/h4-7,11-12H,3,8-10,13-14H2,1-2H3,(H,24,27)/t21-/m1/s1. The summed E-state index contributed by atoms with van der Waals surface area (Å²) < 4.78 is 27.4. The van der Waals surface area contributed by atoms with E-state index in [0.29, 0.717) is 18.7 Å². The molecule has 2 aliphatic heterocycles. The first-order valence-electron chi connectivity index (χ1n) is 10.2. The first-order chi connectivity index (χ1) is 14.8. The van der Waals surface area contributed by atoms with Gasteiger partial charge in [0.25, 0.3) is 5.91 Å². The van der Waals surface area contributed by atoms with Gasteiger partial charge >= 0.3 is 0 Å². The van der Waals surface area contributed by atoms with Crippen molar-refractivity contribution in [2.45, 2.75) is 50.2 Å². The van der Waals surface area contributed by atoms with Crippen molar-refractivity contribution in [2.24, 2.45) is 5.16 Å². The third-order valence-corrected chi connectivity index (χ3v) is 7.48. The van der Waals surface area contributed by atoms with Gasteiger partial charge in [0.05, 0.1) is 35.6 Å². The number of carbonyl (C=O) groups excluding carboxylic acids is 1. The Bertz CT molecular complexity index is 1100. The van der Waals surface area contributed by atoms with E-state index in [-0.39, 0.29) is 36.0 Å². The van der Waals surface area contributed by atoms with Gasteiger partial charge in [-0.15, -0.1) is 0 Å². The van der Waals surface area contributed by atoms with Crippen LogP contribution in [0.3, 0.4) is 0 Å². The highest BCUT2D eigenvalue weighted by atomic mass is 32.2. The molecule has 0 radical (unpaired) electrons. The molecule has 1 spiro atoms. The van der Waals surface area contributed by atoms with Gasteiger partial charge in [0.15, 0.2) is 5.60 Å². The molecule has 164 valence electrons. The summed E-state index contributed by atoms with van der Waals surface area (Å²) in [6.07, 6.45) is 4.83. The van der Waals surface area contributed by atoms with E-state index in [2.05, 4.69) is 20.4 Å². The van der Waals surface area contributed by atoms with Crippen LogP contribution in [0.1, 0.15) is 36.7 Å². The van der Waals surface area contributed by atoms with Gasteiger partial charge in [0, 0.05) is 25.6 Å². The van der Waals surface area contributed by atoms with Crippen LogP contribution in [-0.2, 0) is 32.6 Å². The molecular weight excluding hydrogens is 418 g/mol. The second-order valence-corrected chi connectivity index (χ2v) is 9.84. The Labute approximate surface area is 181 Å². The molecule has 1 amide bonds. The molecule has 31 heavy (non-hydrogen) atoms. The lowest BCUT2D eigenvalue weighted by molar-refractivity contribution is -0.115. The first kappa shape index (κ1) is 21.4. The van der Waals surface area contributed by atoms with Crippen LogP contribution in [0.2, 0.25) is 0 Å². The van der Waals surface area contributed by atoms with Gasteiger partial charge in [0.1, 0.15) is 5.71 Å². The number of aromatic nitrogens is 2. The minimum atomic E-state index is -3.63. The molecular formula is C21H25N5O4S. The van der Waals surface area contributed by atoms with E-state index in [1.165, 1.54) is 4.31 Å². The maximum atomic E-state index is 13.0. The molecule has 1 N–H and O–H groups in total. The van der Waals surface area contributed by atoms with E-state index >= 15 is 0 Å². The highest BCUT2D eigenvalue weighted by Gasteiger charge is 2.49. The van der Waals surface area contributed by atoms with E-state index < -0.39 is 15.6 Å². The number of carbonyl (C=O) groups is 1. The summed E-state index contributed by atoms with van der Waals surface area (Å²) in [5.41, 5.74) is 1.98. The van der Waals surface area contributed by atoms with Crippen molar-refractivity contribution >= 4 is 21.6 Å². The zero-order valence-electron chi connectivity index (χ0n) is 17.5. The second-order valence-electron chi connectivity index (χ2n) is 7.91. The van der Waals surface area contributed by atoms with Crippen molar-refractivity contribution in [3.63, 3.8) is 0 Å². The van der Waals surface area contributed by atoms with Gasteiger partial charge < -0.3 is 10.2 Å². The van der Waals surface area contributed by atoms with Crippen LogP contribution in [0.4, 0.5) is 0 Å². The third-order valence-electron chi connectivity index (χ3n) is 5.62. The van der Waals surface area contributed by atoms with Crippen molar-refractivity contribution in [3.05, 3.63) is 53.6 Å². The Hall–Kier alpha value is -2.85. The Morgan fingerprint density at radius 3 is 2.68 bits per heavy atom. The molecule has 0 saturated carbocycles. The van der Waals surface area contributed by atoms with Gasteiger partial charge in [0.2, 0.25) is 10.0 Å². The zero-order valence-corrected chi connectivity index (χ0v) is 18.4. The molecule has 1 atom stereocenters. The zero-order chi connectivity index (χ0) is 22.1. The minimum absolute atomic E-state index is 0.161. The Morgan fingerprint density at radius 1 is 1.23 bits per heavy atom. The number of aryl methyl sites for hydroxylation is 2. The predicted molar refractivity (Wildman–Crippen MR) is 114 cm³/mol. The lowest BCUT2D eigenvalue weighted by atomic mass is 9.96. The van der Waals surface area contributed by atoms with E-state index in [1.807, 2.05) is 26.0 Å². The van der Waals surface area contributed by atoms with Crippen LogP contribution < -0.4 is 5.32 Å². The number of sulfonamides is 1. The number of hydrogen-bond donors (Lipinski definition) is 1. The summed E-state index contributed by atoms with van der Waals surface area (Å²) in [6.45, 7) is 4.57. The summed E-state index contributed by atoms with van der Waals surface area (Å²) in [5.74, 6) is -0.351. The Morgan fingerprint density at radius 2 is 2.00 bits per heavy atom. The number of hydrogen-bond acceptors (Lipinski definition) is 7. The molecule has 0 bridgehead atoms. The summed E-state index contributed by atoms with van der Waals surface area (Å²) in [7, 11) is -3.63. The van der Waals surface area contributed by atoms with Gasteiger partial charge in [-0.3, -0.25) is 14.8 Å². The highest BCUT2D eigenvalue weighted by Crippen LogP contribution is 2.36. The number of rotatable bonds is 6. The van der Waals surface area contributed by atoms with Crippen LogP contribution >= 0.6 is 0 Å². The molecule has 10 heteroatoms. The molecule has 1 aromatic carbocycles. The molecule has 1 saturated heterocycles. The lowest BCUT2D eigenvalue weighted by Gasteiger charge is -2.21. The van der Waals surface area contributed by atoms with Gasteiger partial charge in [-0.25, -0.2) is 8.42 Å². The van der Waals surface area contributed by atoms with Crippen LogP contribution in [0.25, 0.3) is 0 Å². The van der Waals surface area contributed by atoms with Crippen molar-refractivity contribution in [2.75, 3.05) is 13.1 Å². The van der Waals surface area contributed by atoms with Crippen LogP contribution in [-0.4, -0.2) is 53.0 Å². The SMILES string of the molecule is CCc1ccc(S(=O)(=O)N2CC[C@@]3(CC(C(=O)NCc4cnc(C)cn4)=NO3)C2)cc1. The molecule has 2 aromatic rings. The molecule has 2 aliphatic rings. The van der Waals surface area contributed by atoms with Gasteiger partial charge in [-0.1, -0.05) is 24.2 Å². The average Bonchev–Trinajstić information content (AvgIpc) is 3.40. The number of oxime groups is 1. The van der Waals surface area contributed by atoms with E-state index in [4.69, 9.17) is 4.84 Å². The maximum absolute atomic E-state index is 13.0. The fourth-order valence-corrected chi connectivity index (χ4v) is 5.22. The number of nitrogens with one attached hydrogen (secondary N) is 1. The molecule has 1 fully saturated rings. The molecule has 9 nitrogen and oxygen atoms in total. The maximum Gasteiger partial charge on any atom is 0.269 e. The van der Waals surface area contributed by atoms with E-state index in [0.717, 1.165) is 17.7 Å². The van der Waals surface area contributed by atoms with Gasteiger partial charge in [-0.05, 0) is 31.0 Å². The number of benzene rings is 1. The normalized spacial score (nSPS) is 21.2. The molecule has 3 heterocycles. The van der Waals surface area contributed by atoms with Gasteiger partial charge in [-0.2, -0.15) is 4.31 Å². The summed E-state index contributed by atoms with van der Waals surface area (Å²) in [6, 6.07) is 6.93. The molecule has 4 rings (SSSR count). The summed E-state index contributed by atoms with van der Waals surface area (Å²) in [4.78, 5) is 26.7. The highest BCUT2D eigenvalue weighted by molar-refractivity contribution is 7.89. The molecule has 1 aromatic heterocycles. The Balaban J connectivity index is 1.36. The number of amides is 1. The fourth-order valence-electron chi connectivity index (χ4n) is 3.70. The van der Waals surface area contributed by atoms with Crippen LogP contribution in [0.15, 0.2) is 46.7 Å². The van der Waals surface area contributed by atoms with Crippen molar-refractivity contribution < 1.29 is 18.0 Å². The van der Waals surface area contributed by atoms with Crippen molar-refractivity contribution in [1.29, 1.82) is 0 Å². The van der Waals surface area contributed by atoms with E-state index in [1.54, 1.807) is 24.5 Å².